The molecule has 0 aromatic rings. The maximum absolute atomic E-state index is 11.2. The van der Waals surface area contributed by atoms with Gasteiger partial charge in [0.25, 0.3) is 0 Å². The lowest BCUT2D eigenvalue weighted by Crippen LogP contribution is -2.46. The van der Waals surface area contributed by atoms with Crippen molar-refractivity contribution in [1.82, 2.24) is 10.6 Å². The van der Waals surface area contributed by atoms with Gasteiger partial charge in [0, 0.05) is 26.0 Å². The van der Waals surface area contributed by atoms with Crippen molar-refractivity contribution in [3.05, 3.63) is 0 Å². The van der Waals surface area contributed by atoms with Gasteiger partial charge in [-0.15, -0.1) is 12.3 Å². The molecule has 0 saturated heterocycles. The maximum atomic E-state index is 11.2. The molecule has 0 aliphatic heterocycles. The highest BCUT2D eigenvalue weighted by atomic mass is 16.4. The van der Waals surface area contributed by atoms with Crippen molar-refractivity contribution < 1.29 is 19.8 Å². The second kappa shape index (κ2) is 8.56. The first-order valence-corrected chi connectivity index (χ1v) is 4.93. The Bertz CT molecular complexity index is 272. The topological polar surface area (TPSA) is 98.7 Å². The number of carboxylic acid groups (broad SMARTS) is 1. The monoisotopic (exact) mass is 228 g/mol. The van der Waals surface area contributed by atoms with Crippen LogP contribution in [-0.2, 0) is 4.79 Å². The Balaban J connectivity index is 3.83. The van der Waals surface area contributed by atoms with Gasteiger partial charge in [0.1, 0.15) is 6.04 Å². The Labute approximate surface area is 94.0 Å². The Kier molecular flexibility index (Phi) is 7.63. The molecular formula is C10H16N2O4. The molecule has 0 saturated carbocycles. The number of hydrogen-bond acceptors (Lipinski definition) is 3. The van der Waals surface area contributed by atoms with Crippen molar-refractivity contribution >= 4 is 12.0 Å². The Morgan fingerprint density at radius 3 is 2.62 bits per heavy atom. The fraction of sp³-hybridized carbons (Fsp3) is 0.600. The van der Waals surface area contributed by atoms with Gasteiger partial charge in [0.05, 0.1) is 0 Å². The third kappa shape index (κ3) is 6.68. The number of carbonyl (C=O) groups excluding carboxylic acids is 1. The summed E-state index contributed by atoms with van der Waals surface area (Å²) in [5, 5.41) is 22.0. The van der Waals surface area contributed by atoms with Gasteiger partial charge in [-0.05, 0) is 6.42 Å². The van der Waals surface area contributed by atoms with Crippen LogP contribution in [0.3, 0.4) is 0 Å². The van der Waals surface area contributed by atoms with E-state index in [1.165, 1.54) is 0 Å². The largest absolute Gasteiger partial charge is 0.480 e. The van der Waals surface area contributed by atoms with Crippen LogP contribution in [0.5, 0.6) is 0 Å². The summed E-state index contributed by atoms with van der Waals surface area (Å²) < 4.78 is 0. The second-order valence-corrected chi connectivity index (χ2v) is 3.11. The molecule has 0 bridgehead atoms. The first-order chi connectivity index (χ1) is 7.61. The fourth-order valence-corrected chi connectivity index (χ4v) is 0.988. The molecule has 1 atom stereocenters. The molecule has 0 radical (unpaired) electrons. The van der Waals surface area contributed by atoms with Crippen molar-refractivity contribution in [3.8, 4) is 12.3 Å². The number of urea groups is 1. The average molecular weight is 228 g/mol. The number of aliphatic hydroxyl groups is 1. The molecule has 0 aliphatic rings. The number of carbonyl (C=O) groups is 2. The number of amides is 2. The summed E-state index contributed by atoms with van der Waals surface area (Å²) in [7, 11) is 0. The quantitative estimate of drug-likeness (QED) is 0.350. The van der Waals surface area contributed by atoms with E-state index in [1.54, 1.807) is 0 Å². The minimum atomic E-state index is -1.17. The van der Waals surface area contributed by atoms with E-state index in [-0.39, 0.29) is 13.0 Å². The minimum absolute atomic E-state index is 0.0207. The molecule has 6 heteroatoms. The van der Waals surface area contributed by atoms with Gasteiger partial charge in [0.2, 0.25) is 0 Å². The molecule has 2 amide bonds. The van der Waals surface area contributed by atoms with E-state index >= 15 is 0 Å². The van der Waals surface area contributed by atoms with E-state index < -0.39 is 18.0 Å². The van der Waals surface area contributed by atoms with E-state index in [9.17, 15) is 9.59 Å². The molecule has 0 spiro atoms. The van der Waals surface area contributed by atoms with Crippen molar-refractivity contribution in [2.75, 3.05) is 13.2 Å². The normalized spacial score (nSPS) is 11.2. The first-order valence-electron chi connectivity index (χ1n) is 4.93. The average Bonchev–Trinajstić information content (AvgIpc) is 2.23. The Morgan fingerprint density at radius 2 is 2.12 bits per heavy atom. The van der Waals surface area contributed by atoms with E-state index in [2.05, 4.69) is 16.6 Å². The van der Waals surface area contributed by atoms with E-state index in [0.717, 1.165) is 0 Å². The zero-order chi connectivity index (χ0) is 12.4. The van der Waals surface area contributed by atoms with Crippen LogP contribution in [0.1, 0.15) is 19.3 Å². The van der Waals surface area contributed by atoms with Crippen LogP contribution in [0, 0.1) is 12.3 Å². The Morgan fingerprint density at radius 1 is 1.44 bits per heavy atom. The van der Waals surface area contributed by atoms with Crippen LogP contribution in [0.2, 0.25) is 0 Å². The van der Waals surface area contributed by atoms with Crippen LogP contribution in [0.15, 0.2) is 0 Å². The van der Waals surface area contributed by atoms with Crippen LogP contribution >= 0.6 is 0 Å². The van der Waals surface area contributed by atoms with Gasteiger partial charge < -0.3 is 20.8 Å². The number of terminal acetylenes is 1. The first kappa shape index (κ1) is 14.3. The molecule has 0 aromatic heterocycles. The molecule has 0 aliphatic carbocycles. The number of unbranched alkanes of at least 4 members (excludes halogenated alkanes) is 1. The van der Waals surface area contributed by atoms with Crippen LogP contribution in [0.25, 0.3) is 0 Å². The SMILES string of the molecule is C#CCCCNC(=O)NC(CCO)C(=O)O. The van der Waals surface area contributed by atoms with Crippen LogP contribution in [-0.4, -0.2) is 41.4 Å². The lowest BCUT2D eigenvalue weighted by molar-refractivity contribution is -0.139. The maximum Gasteiger partial charge on any atom is 0.326 e. The third-order valence-electron chi connectivity index (χ3n) is 1.80. The smallest absolute Gasteiger partial charge is 0.326 e. The highest BCUT2D eigenvalue weighted by molar-refractivity contribution is 5.82. The summed E-state index contributed by atoms with van der Waals surface area (Å²) in [6, 6.07) is -1.64. The summed E-state index contributed by atoms with van der Waals surface area (Å²) in [4.78, 5) is 21.8. The van der Waals surface area contributed by atoms with Crippen molar-refractivity contribution in [1.29, 1.82) is 0 Å². The molecule has 1 unspecified atom stereocenters. The summed E-state index contributed by atoms with van der Waals surface area (Å²) in [5.41, 5.74) is 0. The summed E-state index contributed by atoms with van der Waals surface area (Å²) >= 11 is 0. The zero-order valence-electron chi connectivity index (χ0n) is 8.90. The fourth-order valence-electron chi connectivity index (χ4n) is 0.988. The van der Waals surface area contributed by atoms with Crippen LogP contribution in [0.4, 0.5) is 4.79 Å². The number of carboxylic acids is 1. The molecule has 0 heterocycles. The highest BCUT2D eigenvalue weighted by Gasteiger charge is 2.18. The molecule has 90 valence electrons. The van der Waals surface area contributed by atoms with Crippen LogP contribution < -0.4 is 10.6 Å². The van der Waals surface area contributed by atoms with Gasteiger partial charge in [-0.1, -0.05) is 0 Å². The molecule has 0 fully saturated rings. The zero-order valence-corrected chi connectivity index (χ0v) is 8.90. The molecule has 6 nitrogen and oxygen atoms in total. The summed E-state index contributed by atoms with van der Waals surface area (Å²) in [6.45, 7) is 0.0931. The number of hydrogen-bond donors (Lipinski definition) is 4. The number of rotatable bonds is 7. The lowest BCUT2D eigenvalue weighted by atomic mass is 10.2. The van der Waals surface area contributed by atoms with Gasteiger partial charge in [0.15, 0.2) is 0 Å². The Hall–Kier alpha value is -1.74. The minimum Gasteiger partial charge on any atom is -0.480 e. The van der Waals surface area contributed by atoms with Crippen molar-refractivity contribution in [2.45, 2.75) is 25.3 Å². The standard InChI is InChI=1S/C10H16N2O4/c1-2-3-4-6-11-10(16)12-8(5-7-13)9(14)15/h1,8,13H,3-7H2,(H,14,15)(H2,11,12,16). The molecule has 0 rings (SSSR count). The predicted molar refractivity (Wildman–Crippen MR) is 57.7 cm³/mol. The van der Waals surface area contributed by atoms with Gasteiger partial charge in [-0.2, -0.15) is 0 Å². The molecular weight excluding hydrogens is 212 g/mol. The second-order valence-electron chi connectivity index (χ2n) is 3.11. The van der Waals surface area contributed by atoms with E-state index in [0.29, 0.717) is 19.4 Å². The number of nitrogens with one attached hydrogen (secondary N) is 2. The molecule has 16 heavy (non-hydrogen) atoms. The summed E-state index contributed by atoms with van der Waals surface area (Å²) in [6.07, 6.45) is 6.20. The number of aliphatic hydroxyl groups excluding tert-OH is 1. The van der Waals surface area contributed by atoms with Crippen molar-refractivity contribution in [3.63, 3.8) is 0 Å². The van der Waals surface area contributed by atoms with E-state index in [4.69, 9.17) is 16.6 Å². The van der Waals surface area contributed by atoms with Gasteiger partial charge in [-0.25, -0.2) is 9.59 Å². The third-order valence-corrected chi connectivity index (χ3v) is 1.80. The molecule has 4 N–H and O–H groups in total. The summed E-state index contributed by atoms with van der Waals surface area (Å²) in [5.74, 6) is 1.25. The number of aliphatic carboxylic acids is 1. The molecule has 0 aromatic carbocycles. The predicted octanol–water partition coefficient (Wildman–Crippen LogP) is -0.465. The van der Waals surface area contributed by atoms with Gasteiger partial charge in [-0.3, -0.25) is 0 Å². The highest BCUT2D eigenvalue weighted by Crippen LogP contribution is 1.91. The van der Waals surface area contributed by atoms with E-state index in [1.807, 2.05) is 0 Å². The lowest BCUT2D eigenvalue weighted by Gasteiger charge is -2.13. The van der Waals surface area contributed by atoms with Gasteiger partial charge >= 0.3 is 12.0 Å². The van der Waals surface area contributed by atoms with Crippen molar-refractivity contribution in [2.24, 2.45) is 0 Å².